The van der Waals surface area contributed by atoms with Gasteiger partial charge in [0.1, 0.15) is 5.82 Å². The van der Waals surface area contributed by atoms with Crippen LogP contribution in [0, 0.1) is 5.82 Å². The second-order valence-electron chi connectivity index (χ2n) is 4.37. The second kappa shape index (κ2) is 5.50. The Balaban J connectivity index is 2.26. The number of rotatable bonds is 4. The van der Waals surface area contributed by atoms with Crippen LogP contribution in [0.25, 0.3) is 0 Å². The van der Waals surface area contributed by atoms with Crippen molar-refractivity contribution in [2.75, 3.05) is 11.9 Å². The van der Waals surface area contributed by atoms with Crippen molar-refractivity contribution in [3.63, 3.8) is 0 Å². The summed E-state index contributed by atoms with van der Waals surface area (Å²) in [6, 6.07) is 6.59. The first-order valence-electron chi connectivity index (χ1n) is 5.77. The molecule has 0 spiro atoms. The highest BCUT2D eigenvalue weighted by molar-refractivity contribution is 7.07. The van der Waals surface area contributed by atoms with Gasteiger partial charge in [-0.3, -0.25) is 0 Å². The Bertz CT molecular complexity index is 511. The summed E-state index contributed by atoms with van der Waals surface area (Å²) in [4.78, 5) is 2.02. The molecule has 1 N–H and O–H groups in total. The molecule has 4 heteroatoms. The molecule has 2 aromatic rings. The third kappa shape index (κ3) is 2.89. The zero-order chi connectivity index (χ0) is 13.1. The lowest BCUT2D eigenvalue weighted by atomic mass is 10.1. The van der Waals surface area contributed by atoms with Crippen molar-refractivity contribution in [1.82, 2.24) is 0 Å². The molecule has 0 bridgehead atoms. The Morgan fingerprint density at radius 3 is 2.78 bits per heavy atom. The molecule has 0 amide bonds. The van der Waals surface area contributed by atoms with Gasteiger partial charge in [-0.05, 0) is 47.5 Å². The standard InChI is InChI=1S/C14H16FNOS/c1-10(17)13-7-12(15)3-4-14(13)16(2)8-11-5-6-18-9-11/h3-7,9-10,17H,8H2,1-2H3/t10-/m1/s1. The molecule has 2 rings (SSSR count). The van der Waals surface area contributed by atoms with Crippen LogP contribution in [0.2, 0.25) is 0 Å². The van der Waals surface area contributed by atoms with Crippen molar-refractivity contribution < 1.29 is 9.50 Å². The Hall–Kier alpha value is -1.39. The van der Waals surface area contributed by atoms with E-state index < -0.39 is 6.10 Å². The highest BCUT2D eigenvalue weighted by Gasteiger charge is 2.13. The van der Waals surface area contributed by atoms with E-state index in [2.05, 4.69) is 11.4 Å². The fraction of sp³-hybridized carbons (Fsp3) is 0.286. The lowest BCUT2D eigenvalue weighted by molar-refractivity contribution is 0.199. The molecule has 1 atom stereocenters. The number of aliphatic hydroxyl groups excluding tert-OH is 1. The van der Waals surface area contributed by atoms with Crippen LogP contribution in [0.5, 0.6) is 0 Å². The molecule has 0 aliphatic rings. The summed E-state index contributed by atoms with van der Waals surface area (Å²) in [5.74, 6) is -0.321. The minimum atomic E-state index is -0.680. The fourth-order valence-corrected chi connectivity index (χ4v) is 2.61. The van der Waals surface area contributed by atoms with E-state index in [4.69, 9.17) is 0 Å². The Labute approximate surface area is 110 Å². The maximum absolute atomic E-state index is 13.2. The smallest absolute Gasteiger partial charge is 0.123 e. The van der Waals surface area contributed by atoms with Crippen LogP contribution in [0.15, 0.2) is 35.0 Å². The summed E-state index contributed by atoms with van der Waals surface area (Å²) in [6.45, 7) is 2.39. The van der Waals surface area contributed by atoms with Gasteiger partial charge in [-0.1, -0.05) is 0 Å². The van der Waals surface area contributed by atoms with E-state index in [0.717, 1.165) is 12.2 Å². The van der Waals surface area contributed by atoms with Crippen molar-refractivity contribution in [3.05, 3.63) is 52.0 Å². The number of aliphatic hydroxyl groups is 1. The van der Waals surface area contributed by atoms with Gasteiger partial charge in [0.2, 0.25) is 0 Å². The monoisotopic (exact) mass is 265 g/mol. The third-order valence-electron chi connectivity index (χ3n) is 2.85. The number of halogens is 1. The molecule has 0 aliphatic carbocycles. The predicted molar refractivity (Wildman–Crippen MR) is 73.5 cm³/mol. The minimum Gasteiger partial charge on any atom is -0.389 e. The number of thiophene rings is 1. The van der Waals surface area contributed by atoms with Crippen LogP contribution < -0.4 is 4.90 Å². The van der Waals surface area contributed by atoms with Gasteiger partial charge in [0.15, 0.2) is 0 Å². The SMILES string of the molecule is C[C@@H](O)c1cc(F)ccc1N(C)Cc1ccsc1. The van der Waals surface area contributed by atoms with Crippen LogP contribution in [0.4, 0.5) is 10.1 Å². The van der Waals surface area contributed by atoms with Gasteiger partial charge < -0.3 is 10.0 Å². The number of nitrogens with zero attached hydrogens (tertiary/aromatic N) is 1. The molecule has 0 saturated carbocycles. The van der Waals surface area contributed by atoms with Crippen LogP contribution >= 0.6 is 11.3 Å². The molecule has 1 aromatic carbocycles. The third-order valence-corrected chi connectivity index (χ3v) is 3.58. The van der Waals surface area contributed by atoms with E-state index in [1.165, 1.54) is 17.7 Å². The normalized spacial score (nSPS) is 12.4. The molecule has 1 aromatic heterocycles. The summed E-state index contributed by atoms with van der Waals surface area (Å²) in [5, 5.41) is 13.8. The van der Waals surface area contributed by atoms with Gasteiger partial charge in [0, 0.05) is 24.8 Å². The Morgan fingerprint density at radius 1 is 1.39 bits per heavy atom. The van der Waals surface area contributed by atoms with Crippen molar-refractivity contribution in [3.8, 4) is 0 Å². The van der Waals surface area contributed by atoms with Crippen LogP contribution in [-0.2, 0) is 6.54 Å². The summed E-state index contributed by atoms with van der Waals surface area (Å²) in [5.41, 5.74) is 2.69. The molecule has 0 unspecified atom stereocenters. The van der Waals surface area contributed by atoms with Gasteiger partial charge in [0.05, 0.1) is 6.10 Å². The van der Waals surface area contributed by atoms with Crippen LogP contribution in [-0.4, -0.2) is 12.2 Å². The highest BCUT2D eigenvalue weighted by atomic mass is 32.1. The van der Waals surface area contributed by atoms with E-state index in [1.807, 2.05) is 17.3 Å². The first-order valence-corrected chi connectivity index (χ1v) is 6.72. The summed E-state index contributed by atoms with van der Waals surface area (Å²) in [6.07, 6.45) is -0.680. The maximum atomic E-state index is 13.2. The lowest BCUT2D eigenvalue weighted by Crippen LogP contribution is -2.18. The average Bonchev–Trinajstić information content (AvgIpc) is 2.81. The first-order chi connectivity index (χ1) is 8.58. The summed E-state index contributed by atoms with van der Waals surface area (Å²) < 4.78 is 13.2. The van der Waals surface area contributed by atoms with Crippen molar-refractivity contribution >= 4 is 17.0 Å². The van der Waals surface area contributed by atoms with E-state index in [9.17, 15) is 9.50 Å². The zero-order valence-corrected chi connectivity index (χ0v) is 11.2. The molecular weight excluding hydrogens is 249 g/mol. The number of anilines is 1. The van der Waals surface area contributed by atoms with E-state index in [0.29, 0.717) is 5.56 Å². The summed E-state index contributed by atoms with van der Waals surface area (Å²) in [7, 11) is 1.94. The average molecular weight is 265 g/mol. The first kappa shape index (κ1) is 13.1. The molecule has 0 aliphatic heterocycles. The van der Waals surface area contributed by atoms with Gasteiger partial charge in [-0.15, -0.1) is 0 Å². The van der Waals surface area contributed by atoms with Gasteiger partial charge in [-0.25, -0.2) is 4.39 Å². The van der Waals surface area contributed by atoms with Crippen molar-refractivity contribution in [2.24, 2.45) is 0 Å². The zero-order valence-electron chi connectivity index (χ0n) is 10.4. The maximum Gasteiger partial charge on any atom is 0.123 e. The Kier molecular flexibility index (Phi) is 3.99. The molecular formula is C14H16FNOS. The second-order valence-corrected chi connectivity index (χ2v) is 5.15. The molecule has 1 heterocycles. The molecule has 0 saturated heterocycles. The predicted octanol–water partition coefficient (Wildman–Crippen LogP) is 3.58. The molecule has 96 valence electrons. The number of hydrogen-bond donors (Lipinski definition) is 1. The van der Waals surface area contributed by atoms with E-state index >= 15 is 0 Å². The quantitative estimate of drug-likeness (QED) is 0.913. The number of benzene rings is 1. The summed E-state index contributed by atoms with van der Waals surface area (Å²) >= 11 is 1.65. The molecule has 2 nitrogen and oxygen atoms in total. The molecule has 0 fully saturated rings. The highest BCUT2D eigenvalue weighted by Crippen LogP contribution is 2.27. The van der Waals surface area contributed by atoms with E-state index in [1.54, 1.807) is 24.3 Å². The molecule has 0 radical (unpaired) electrons. The fourth-order valence-electron chi connectivity index (χ4n) is 1.95. The van der Waals surface area contributed by atoms with Gasteiger partial charge in [0.25, 0.3) is 0 Å². The minimum absolute atomic E-state index is 0.321. The lowest BCUT2D eigenvalue weighted by Gasteiger charge is -2.23. The van der Waals surface area contributed by atoms with Gasteiger partial charge in [-0.2, -0.15) is 11.3 Å². The van der Waals surface area contributed by atoms with E-state index in [-0.39, 0.29) is 5.82 Å². The van der Waals surface area contributed by atoms with Crippen molar-refractivity contribution in [2.45, 2.75) is 19.6 Å². The van der Waals surface area contributed by atoms with Crippen LogP contribution in [0.1, 0.15) is 24.2 Å². The molecule has 18 heavy (non-hydrogen) atoms. The Morgan fingerprint density at radius 2 is 2.17 bits per heavy atom. The largest absolute Gasteiger partial charge is 0.389 e. The van der Waals surface area contributed by atoms with Crippen LogP contribution in [0.3, 0.4) is 0 Å². The number of hydrogen-bond acceptors (Lipinski definition) is 3. The van der Waals surface area contributed by atoms with Gasteiger partial charge >= 0.3 is 0 Å². The topological polar surface area (TPSA) is 23.5 Å². The van der Waals surface area contributed by atoms with Crippen molar-refractivity contribution in [1.29, 1.82) is 0 Å².